The van der Waals surface area contributed by atoms with E-state index in [0.29, 0.717) is 11.9 Å². The van der Waals surface area contributed by atoms with Crippen LogP contribution in [0.3, 0.4) is 0 Å². The Morgan fingerprint density at radius 1 is 1.22 bits per heavy atom. The largest absolute Gasteiger partial charge is 0.371 e. The van der Waals surface area contributed by atoms with Crippen molar-refractivity contribution in [1.82, 2.24) is 15.0 Å². The van der Waals surface area contributed by atoms with E-state index in [2.05, 4.69) is 59.0 Å². The molecule has 0 amide bonds. The Labute approximate surface area is 138 Å². The molecule has 124 valence electrons. The van der Waals surface area contributed by atoms with Crippen LogP contribution in [-0.4, -0.2) is 41.2 Å². The third-order valence-electron chi connectivity index (χ3n) is 4.97. The molecule has 0 aliphatic carbocycles. The zero-order chi connectivity index (χ0) is 16.4. The highest BCUT2D eigenvalue weighted by Crippen LogP contribution is 2.27. The van der Waals surface area contributed by atoms with Gasteiger partial charge in [-0.2, -0.15) is 4.98 Å². The molecule has 0 bridgehead atoms. The fourth-order valence-electron chi connectivity index (χ4n) is 3.38. The lowest BCUT2D eigenvalue weighted by Crippen LogP contribution is -2.43. The summed E-state index contributed by atoms with van der Waals surface area (Å²) in [5.74, 6) is 1.42. The Hall–Kier alpha value is -1.88. The van der Waals surface area contributed by atoms with Crippen molar-refractivity contribution < 1.29 is 4.52 Å². The predicted octanol–water partition coefficient (Wildman–Crippen LogP) is 3.10. The van der Waals surface area contributed by atoms with Gasteiger partial charge in [-0.3, -0.25) is 4.90 Å². The van der Waals surface area contributed by atoms with Crippen molar-refractivity contribution in [3.8, 4) is 0 Å². The van der Waals surface area contributed by atoms with Gasteiger partial charge in [0.1, 0.15) is 0 Å². The molecular weight excluding hydrogens is 288 g/mol. The Kier molecular flexibility index (Phi) is 4.66. The summed E-state index contributed by atoms with van der Waals surface area (Å²) in [4.78, 5) is 9.17. The van der Waals surface area contributed by atoms with Gasteiger partial charge in [0, 0.05) is 31.7 Å². The van der Waals surface area contributed by atoms with E-state index in [4.69, 9.17) is 4.52 Å². The van der Waals surface area contributed by atoms with Crippen LogP contribution in [0.5, 0.6) is 0 Å². The molecule has 5 nitrogen and oxygen atoms in total. The SMILES string of the molecule is Cc1nc(CN(C)C2CCN(c3cccc(C)c3C)CC2)no1. The molecule has 1 aromatic carbocycles. The molecule has 2 aromatic rings. The standard InChI is InChI=1S/C18H26N4O/c1-13-6-5-7-17(14(13)2)22-10-8-16(9-11-22)21(4)12-18-19-15(3)23-20-18/h5-7,16H,8-12H2,1-4H3. The van der Waals surface area contributed by atoms with E-state index < -0.39 is 0 Å². The van der Waals surface area contributed by atoms with E-state index >= 15 is 0 Å². The number of aromatic nitrogens is 2. The fourth-order valence-corrected chi connectivity index (χ4v) is 3.38. The van der Waals surface area contributed by atoms with Gasteiger partial charge in [0.05, 0.1) is 6.54 Å². The van der Waals surface area contributed by atoms with Crippen LogP contribution in [0.25, 0.3) is 0 Å². The summed E-state index contributed by atoms with van der Waals surface area (Å²) in [5.41, 5.74) is 4.16. The lowest BCUT2D eigenvalue weighted by atomic mass is 10.0. The van der Waals surface area contributed by atoms with Gasteiger partial charge in [-0.05, 0) is 50.9 Å². The number of anilines is 1. The molecule has 2 heterocycles. The zero-order valence-corrected chi connectivity index (χ0v) is 14.5. The van der Waals surface area contributed by atoms with Gasteiger partial charge in [0.15, 0.2) is 5.82 Å². The molecule has 1 aliphatic heterocycles. The Morgan fingerprint density at radius 2 is 1.96 bits per heavy atom. The second kappa shape index (κ2) is 6.71. The van der Waals surface area contributed by atoms with E-state index in [1.54, 1.807) is 0 Å². The summed E-state index contributed by atoms with van der Waals surface area (Å²) in [6.45, 7) is 9.20. The smallest absolute Gasteiger partial charge is 0.223 e. The van der Waals surface area contributed by atoms with Crippen molar-refractivity contribution in [3.05, 3.63) is 41.0 Å². The Balaban J connectivity index is 1.58. The second-order valence-electron chi connectivity index (χ2n) is 6.58. The van der Waals surface area contributed by atoms with Crippen LogP contribution in [0.1, 0.15) is 35.7 Å². The quantitative estimate of drug-likeness (QED) is 0.868. The number of hydrogen-bond acceptors (Lipinski definition) is 5. The monoisotopic (exact) mass is 314 g/mol. The van der Waals surface area contributed by atoms with E-state index in [-0.39, 0.29) is 0 Å². The molecule has 0 radical (unpaired) electrons. The summed E-state index contributed by atoms with van der Waals surface area (Å²) < 4.78 is 5.06. The molecular formula is C18H26N4O. The zero-order valence-electron chi connectivity index (χ0n) is 14.5. The molecule has 1 fully saturated rings. The second-order valence-corrected chi connectivity index (χ2v) is 6.58. The molecule has 1 aliphatic rings. The molecule has 0 N–H and O–H groups in total. The van der Waals surface area contributed by atoms with Gasteiger partial charge in [0.2, 0.25) is 5.89 Å². The first-order valence-corrected chi connectivity index (χ1v) is 8.35. The fraction of sp³-hybridized carbons (Fsp3) is 0.556. The minimum atomic E-state index is 0.579. The Morgan fingerprint density at radius 3 is 2.61 bits per heavy atom. The van der Waals surface area contributed by atoms with Crippen LogP contribution in [0, 0.1) is 20.8 Å². The number of hydrogen-bond donors (Lipinski definition) is 0. The van der Waals surface area contributed by atoms with Crippen LogP contribution in [0.15, 0.2) is 22.7 Å². The van der Waals surface area contributed by atoms with Crippen molar-refractivity contribution in [3.63, 3.8) is 0 Å². The summed E-state index contributed by atoms with van der Waals surface area (Å²) >= 11 is 0. The van der Waals surface area contributed by atoms with E-state index in [1.807, 2.05) is 6.92 Å². The van der Waals surface area contributed by atoms with Gasteiger partial charge in [-0.25, -0.2) is 0 Å². The van der Waals surface area contributed by atoms with Crippen molar-refractivity contribution in [1.29, 1.82) is 0 Å². The van der Waals surface area contributed by atoms with Crippen molar-refractivity contribution in [2.45, 2.75) is 46.2 Å². The summed E-state index contributed by atoms with van der Waals surface area (Å²) in [6.07, 6.45) is 2.33. The molecule has 1 aromatic heterocycles. The lowest BCUT2D eigenvalue weighted by molar-refractivity contribution is 0.194. The van der Waals surface area contributed by atoms with Gasteiger partial charge in [-0.15, -0.1) is 0 Å². The Bertz CT molecular complexity index is 659. The maximum absolute atomic E-state index is 5.06. The highest BCUT2D eigenvalue weighted by Gasteiger charge is 2.24. The number of rotatable bonds is 4. The van der Waals surface area contributed by atoms with Crippen molar-refractivity contribution in [2.24, 2.45) is 0 Å². The van der Waals surface area contributed by atoms with Gasteiger partial charge in [-0.1, -0.05) is 17.3 Å². The van der Waals surface area contributed by atoms with Crippen LogP contribution in [-0.2, 0) is 6.54 Å². The maximum Gasteiger partial charge on any atom is 0.223 e. The van der Waals surface area contributed by atoms with Gasteiger partial charge in [0.25, 0.3) is 0 Å². The number of nitrogens with zero attached hydrogens (tertiary/aromatic N) is 4. The lowest BCUT2D eigenvalue weighted by Gasteiger charge is -2.38. The summed E-state index contributed by atoms with van der Waals surface area (Å²) in [5, 5.41) is 4.00. The third kappa shape index (κ3) is 3.55. The molecule has 1 saturated heterocycles. The van der Waals surface area contributed by atoms with Crippen LogP contribution in [0.4, 0.5) is 5.69 Å². The molecule has 0 spiro atoms. The number of benzene rings is 1. The molecule has 0 atom stereocenters. The molecule has 0 unspecified atom stereocenters. The summed E-state index contributed by atoms with van der Waals surface area (Å²) in [7, 11) is 2.16. The van der Waals surface area contributed by atoms with Gasteiger partial charge < -0.3 is 9.42 Å². The normalized spacial score (nSPS) is 16.3. The van der Waals surface area contributed by atoms with Crippen LogP contribution < -0.4 is 4.90 Å². The molecule has 23 heavy (non-hydrogen) atoms. The van der Waals surface area contributed by atoms with Gasteiger partial charge >= 0.3 is 0 Å². The molecule has 0 saturated carbocycles. The maximum atomic E-state index is 5.06. The van der Waals surface area contributed by atoms with E-state index in [1.165, 1.54) is 29.7 Å². The first-order valence-electron chi connectivity index (χ1n) is 8.35. The highest BCUT2D eigenvalue weighted by molar-refractivity contribution is 5.56. The first-order chi connectivity index (χ1) is 11.0. The van der Waals surface area contributed by atoms with E-state index in [9.17, 15) is 0 Å². The highest BCUT2D eigenvalue weighted by atomic mass is 16.5. The number of aryl methyl sites for hydroxylation is 2. The predicted molar refractivity (Wildman–Crippen MR) is 91.7 cm³/mol. The first kappa shape index (κ1) is 16.0. The number of piperidine rings is 1. The minimum Gasteiger partial charge on any atom is -0.371 e. The average molecular weight is 314 g/mol. The summed E-state index contributed by atoms with van der Waals surface area (Å²) in [6, 6.07) is 7.17. The minimum absolute atomic E-state index is 0.579. The topological polar surface area (TPSA) is 45.4 Å². The average Bonchev–Trinajstić information content (AvgIpc) is 2.95. The third-order valence-corrected chi connectivity index (χ3v) is 4.97. The molecule has 3 rings (SSSR count). The van der Waals surface area contributed by atoms with Crippen molar-refractivity contribution in [2.75, 3.05) is 25.0 Å². The van der Waals surface area contributed by atoms with Crippen LogP contribution in [0.2, 0.25) is 0 Å². The van der Waals surface area contributed by atoms with Crippen molar-refractivity contribution >= 4 is 5.69 Å². The van der Waals surface area contributed by atoms with Crippen LogP contribution >= 0.6 is 0 Å². The van der Waals surface area contributed by atoms with E-state index in [0.717, 1.165) is 25.5 Å². The molecule has 5 heteroatoms.